The zero-order valence-electron chi connectivity index (χ0n) is 7.86. The molecular weight excluding hydrogens is 186 g/mol. The van der Waals surface area contributed by atoms with Crippen molar-refractivity contribution in [1.82, 2.24) is 4.98 Å². The number of allylic oxidation sites excluding steroid dienone is 2. The molecule has 1 N–H and O–H groups in total. The average molecular weight is 193 g/mol. The van der Waals surface area contributed by atoms with Gasteiger partial charge in [-0.25, -0.2) is 0 Å². The van der Waals surface area contributed by atoms with Crippen LogP contribution in [0.4, 0.5) is 0 Å². The molecule has 1 aromatic heterocycles. The second-order valence-corrected chi connectivity index (χ2v) is 3.05. The molecule has 15 heavy (non-hydrogen) atoms. The van der Waals surface area contributed by atoms with E-state index in [4.69, 9.17) is 10.5 Å². The van der Waals surface area contributed by atoms with Crippen LogP contribution in [0, 0.1) is 22.7 Å². The van der Waals surface area contributed by atoms with Crippen LogP contribution in [0.5, 0.6) is 0 Å². The number of rotatable bonds is 1. The summed E-state index contributed by atoms with van der Waals surface area (Å²) in [6.45, 7) is 0. The standard InChI is InChI=1S/C12H7N3/c13-6-4-10(8-14)11-3-1-2-9-5-7-15-12(9)11/h1-5,7,15H/b10-4+. The van der Waals surface area contributed by atoms with Crippen LogP contribution in [-0.4, -0.2) is 4.98 Å². The van der Waals surface area contributed by atoms with Crippen LogP contribution in [0.1, 0.15) is 5.56 Å². The van der Waals surface area contributed by atoms with Gasteiger partial charge in [0.15, 0.2) is 0 Å². The van der Waals surface area contributed by atoms with E-state index in [2.05, 4.69) is 4.98 Å². The van der Waals surface area contributed by atoms with Crippen molar-refractivity contribution in [2.45, 2.75) is 0 Å². The van der Waals surface area contributed by atoms with Gasteiger partial charge in [-0.05, 0) is 6.07 Å². The van der Waals surface area contributed by atoms with Gasteiger partial charge >= 0.3 is 0 Å². The first kappa shape index (κ1) is 9.05. The number of fused-ring (bicyclic) bond motifs is 1. The average Bonchev–Trinajstić information content (AvgIpc) is 2.73. The molecule has 70 valence electrons. The van der Waals surface area contributed by atoms with E-state index in [1.165, 1.54) is 6.08 Å². The van der Waals surface area contributed by atoms with Crippen LogP contribution >= 0.6 is 0 Å². The molecule has 0 radical (unpaired) electrons. The number of hydrogen-bond donors (Lipinski definition) is 1. The lowest BCUT2D eigenvalue weighted by atomic mass is 10.0. The lowest BCUT2D eigenvalue weighted by molar-refractivity contribution is 1.46. The van der Waals surface area contributed by atoms with Gasteiger partial charge in [-0.3, -0.25) is 0 Å². The summed E-state index contributed by atoms with van der Waals surface area (Å²) < 4.78 is 0. The van der Waals surface area contributed by atoms with Crippen molar-refractivity contribution in [3.8, 4) is 12.1 Å². The van der Waals surface area contributed by atoms with E-state index in [-0.39, 0.29) is 0 Å². The normalized spacial score (nSPS) is 10.9. The summed E-state index contributed by atoms with van der Waals surface area (Å²) in [6, 6.07) is 11.5. The number of para-hydroxylation sites is 1. The Bertz CT molecular complexity index is 606. The van der Waals surface area contributed by atoms with E-state index in [1.807, 2.05) is 42.6 Å². The van der Waals surface area contributed by atoms with E-state index in [0.717, 1.165) is 16.5 Å². The first-order valence-electron chi connectivity index (χ1n) is 4.43. The molecule has 0 fully saturated rings. The number of hydrogen-bond acceptors (Lipinski definition) is 2. The maximum absolute atomic E-state index is 8.92. The molecule has 3 heteroatoms. The molecule has 0 aliphatic carbocycles. The minimum absolute atomic E-state index is 0.380. The quantitative estimate of drug-likeness (QED) is 0.707. The molecule has 2 aromatic rings. The van der Waals surface area contributed by atoms with Crippen molar-refractivity contribution in [3.05, 3.63) is 42.1 Å². The van der Waals surface area contributed by atoms with Crippen LogP contribution in [-0.2, 0) is 0 Å². The number of benzene rings is 1. The number of H-pyrrole nitrogens is 1. The maximum atomic E-state index is 8.92. The monoisotopic (exact) mass is 193 g/mol. The second kappa shape index (κ2) is 3.69. The highest BCUT2D eigenvalue weighted by Gasteiger charge is 2.05. The molecule has 0 spiro atoms. The fourth-order valence-corrected chi connectivity index (χ4v) is 1.54. The van der Waals surface area contributed by atoms with Crippen molar-refractivity contribution >= 4 is 16.5 Å². The van der Waals surface area contributed by atoms with Crippen molar-refractivity contribution in [2.75, 3.05) is 0 Å². The van der Waals surface area contributed by atoms with E-state index in [9.17, 15) is 0 Å². The molecule has 0 unspecified atom stereocenters. The van der Waals surface area contributed by atoms with Gasteiger partial charge in [-0.2, -0.15) is 10.5 Å². The summed E-state index contributed by atoms with van der Waals surface area (Å²) in [5.41, 5.74) is 2.03. The van der Waals surface area contributed by atoms with Gasteiger partial charge in [0.05, 0.1) is 17.2 Å². The third-order valence-electron chi connectivity index (χ3n) is 2.21. The lowest BCUT2D eigenvalue weighted by Gasteiger charge is -1.99. The SMILES string of the molecule is N#C/C=C(\C#N)c1cccc2cc[nH]c12. The van der Waals surface area contributed by atoms with Crippen LogP contribution in [0.15, 0.2) is 36.5 Å². The van der Waals surface area contributed by atoms with E-state index < -0.39 is 0 Å². The van der Waals surface area contributed by atoms with Gasteiger partial charge in [0.25, 0.3) is 0 Å². The fraction of sp³-hybridized carbons (Fsp3) is 0. The zero-order valence-corrected chi connectivity index (χ0v) is 7.86. The number of nitrogens with one attached hydrogen (secondary N) is 1. The molecule has 0 amide bonds. The summed E-state index contributed by atoms with van der Waals surface area (Å²) in [5.74, 6) is 0. The summed E-state index contributed by atoms with van der Waals surface area (Å²) in [7, 11) is 0. The topological polar surface area (TPSA) is 63.4 Å². The Morgan fingerprint density at radius 2 is 2.13 bits per heavy atom. The predicted molar refractivity (Wildman–Crippen MR) is 57.5 cm³/mol. The highest BCUT2D eigenvalue weighted by Crippen LogP contribution is 2.23. The van der Waals surface area contributed by atoms with Crippen molar-refractivity contribution in [2.24, 2.45) is 0 Å². The molecular formula is C12H7N3. The number of nitriles is 2. The third-order valence-corrected chi connectivity index (χ3v) is 2.21. The summed E-state index contributed by atoms with van der Waals surface area (Å²) >= 11 is 0. The molecule has 3 nitrogen and oxygen atoms in total. The summed E-state index contributed by atoms with van der Waals surface area (Å²) in [5, 5.41) is 18.5. The third kappa shape index (κ3) is 1.47. The van der Waals surface area contributed by atoms with Crippen LogP contribution in [0.3, 0.4) is 0 Å². The van der Waals surface area contributed by atoms with Crippen LogP contribution in [0.2, 0.25) is 0 Å². The Morgan fingerprint density at radius 3 is 2.87 bits per heavy atom. The Balaban J connectivity index is 2.72. The van der Waals surface area contributed by atoms with Crippen LogP contribution < -0.4 is 0 Å². The molecule has 0 bridgehead atoms. The largest absolute Gasteiger partial charge is 0.361 e. The minimum Gasteiger partial charge on any atom is -0.361 e. The lowest BCUT2D eigenvalue weighted by Crippen LogP contribution is -1.83. The highest BCUT2D eigenvalue weighted by atomic mass is 14.7. The van der Waals surface area contributed by atoms with Crippen molar-refractivity contribution < 1.29 is 0 Å². The van der Waals surface area contributed by atoms with E-state index in [1.54, 1.807) is 0 Å². The van der Waals surface area contributed by atoms with Gasteiger partial charge in [-0.15, -0.1) is 0 Å². The maximum Gasteiger partial charge on any atom is 0.101 e. The minimum atomic E-state index is 0.380. The summed E-state index contributed by atoms with van der Waals surface area (Å²) in [6.07, 6.45) is 3.07. The zero-order chi connectivity index (χ0) is 10.7. The number of nitrogens with zero attached hydrogens (tertiary/aromatic N) is 2. The number of aromatic nitrogens is 1. The van der Waals surface area contributed by atoms with Crippen molar-refractivity contribution in [1.29, 1.82) is 10.5 Å². The van der Waals surface area contributed by atoms with Gasteiger partial charge in [0.1, 0.15) is 6.07 Å². The Labute approximate surface area is 86.9 Å². The predicted octanol–water partition coefficient (Wildman–Crippen LogP) is 2.60. The van der Waals surface area contributed by atoms with Gasteiger partial charge < -0.3 is 4.98 Å². The molecule has 1 aromatic carbocycles. The van der Waals surface area contributed by atoms with Gasteiger partial charge in [0.2, 0.25) is 0 Å². The summed E-state index contributed by atoms with van der Waals surface area (Å²) in [4.78, 5) is 3.06. The molecule has 0 aliphatic heterocycles. The van der Waals surface area contributed by atoms with E-state index >= 15 is 0 Å². The van der Waals surface area contributed by atoms with E-state index in [0.29, 0.717) is 5.57 Å². The van der Waals surface area contributed by atoms with Gasteiger partial charge in [-0.1, -0.05) is 18.2 Å². The molecule has 1 heterocycles. The molecule has 0 saturated carbocycles. The Hall–Kier alpha value is -2.52. The molecule has 0 aliphatic rings. The molecule has 2 rings (SSSR count). The first-order valence-corrected chi connectivity index (χ1v) is 4.43. The number of aromatic amines is 1. The second-order valence-electron chi connectivity index (χ2n) is 3.05. The smallest absolute Gasteiger partial charge is 0.101 e. The molecule has 0 atom stereocenters. The highest BCUT2D eigenvalue weighted by molar-refractivity contribution is 5.95. The first-order chi connectivity index (χ1) is 7.36. The Kier molecular flexibility index (Phi) is 2.23. The van der Waals surface area contributed by atoms with Crippen molar-refractivity contribution in [3.63, 3.8) is 0 Å². The Morgan fingerprint density at radius 1 is 1.27 bits per heavy atom. The van der Waals surface area contributed by atoms with Gasteiger partial charge in [0, 0.05) is 23.2 Å². The van der Waals surface area contributed by atoms with Crippen LogP contribution in [0.25, 0.3) is 16.5 Å². The molecule has 0 saturated heterocycles. The fourth-order valence-electron chi connectivity index (χ4n) is 1.54.